The molecule has 0 spiro atoms. The SMILES string of the molecule is CCN(C(=O)c1cc(C2CC2)nc2c1cnn2C(C)C)c1nc2cc(Cl)ccc2s1. The van der Waals surface area contributed by atoms with Crippen LogP contribution < -0.4 is 4.90 Å². The smallest absolute Gasteiger partial charge is 0.260 e. The maximum atomic E-state index is 13.7. The van der Waals surface area contributed by atoms with E-state index in [1.54, 1.807) is 11.1 Å². The van der Waals surface area contributed by atoms with Crippen LogP contribution in [0, 0.1) is 0 Å². The van der Waals surface area contributed by atoms with Gasteiger partial charge in [0.1, 0.15) is 0 Å². The molecule has 4 aromatic rings. The number of anilines is 1. The van der Waals surface area contributed by atoms with Crippen LogP contribution >= 0.6 is 22.9 Å². The fourth-order valence-corrected chi connectivity index (χ4v) is 4.87. The van der Waals surface area contributed by atoms with Crippen LogP contribution in [-0.4, -0.2) is 32.2 Å². The number of rotatable bonds is 5. The number of carbonyl (C=O) groups is 1. The molecule has 3 heterocycles. The highest BCUT2D eigenvalue weighted by Gasteiger charge is 2.30. The van der Waals surface area contributed by atoms with Crippen molar-refractivity contribution in [2.75, 3.05) is 11.4 Å². The Hall–Kier alpha value is -2.51. The minimum atomic E-state index is -0.0692. The van der Waals surface area contributed by atoms with Crippen molar-refractivity contribution in [2.24, 2.45) is 0 Å². The molecule has 6 nitrogen and oxygen atoms in total. The summed E-state index contributed by atoms with van der Waals surface area (Å²) >= 11 is 7.61. The van der Waals surface area contributed by atoms with Crippen molar-refractivity contribution < 1.29 is 4.79 Å². The maximum absolute atomic E-state index is 13.7. The van der Waals surface area contributed by atoms with Crippen molar-refractivity contribution in [1.29, 1.82) is 0 Å². The molecule has 1 fully saturated rings. The minimum absolute atomic E-state index is 0.0692. The highest BCUT2D eigenvalue weighted by molar-refractivity contribution is 7.22. The number of nitrogens with zero attached hydrogens (tertiary/aromatic N) is 5. The maximum Gasteiger partial charge on any atom is 0.260 e. The summed E-state index contributed by atoms with van der Waals surface area (Å²) in [6, 6.07) is 7.75. The lowest BCUT2D eigenvalue weighted by molar-refractivity contribution is 0.0989. The van der Waals surface area contributed by atoms with Gasteiger partial charge in [-0.15, -0.1) is 0 Å². The van der Waals surface area contributed by atoms with Gasteiger partial charge >= 0.3 is 0 Å². The average Bonchev–Trinajstić information content (AvgIpc) is 3.35. The molecule has 0 bridgehead atoms. The first-order chi connectivity index (χ1) is 14.5. The van der Waals surface area contributed by atoms with Gasteiger partial charge in [0.2, 0.25) is 0 Å². The molecule has 5 rings (SSSR count). The van der Waals surface area contributed by atoms with E-state index in [9.17, 15) is 4.79 Å². The molecule has 1 aliphatic carbocycles. The molecule has 0 saturated heterocycles. The summed E-state index contributed by atoms with van der Waals surface area (Å²) in [5.41, 5.74) is 3.22. The molecule has 1 saturated carbocycles. The Morgan fingerprint density at radius 1 is 1.30 bits per heavy atom. The lowest BCUT2D eigenvalue weighted by Gasteiger charge is -2.19. The summed E-state index contributed by atoms with van der Waals surface area (Å²) in [6.07, 6.45) is 4.01. The summed E-state index contributed by atoms with van der Waals surface area (Å²) < 4.78 is 2.90. The number of thiazole rings is 1. The summed E-state index contributed by atoms with van der Waals surface area (Å²) in [6.45, 7) is 6.63. The Morgan fingerprint density at radius 2 is 2.10 bits per heavy atom. The second kappa shape index (κ2) is 7.32. The van der Waals surface area contributed by atoms with Crippen LogP contribution in [0.3, 0.4) is 0 Å². The van der Waals surface area contributed by atoms with Crippen molar-refractivity contribution in [3.05, 3.63) is 46.7 Å². The van der Waals surface area contributed by atoms with Crippen molar-refractivity contribution >= 4 is 55.2 Å². The topological polar surface area (TPSA) is 63.9 Å². The van der Waals surface area contributed by atoms with Gasteiger partial charge in [0.15, 0.2) is 10.8 Å². The first-order valence-electron chi connectivity index (χ1n) is 10.2. The highest BCUT2D eigenvalue weighted by atomic mass is 35.5. The first-order valence-corrected chi connectivity index (χ1v) is 11.4. The molecule has 3 aromatic heterocycles. The summed E-state index contributed by atoms with van der Waals surface area (Å²) in [5, 5.41) is 6.62. The third-order valence-corrected chi connectivity index (χ3v) is 6.73. The number of benzene rings is 1. The van der Waals surface area contributed by atoms with Gasteiger partial charge in [0.05, 0.1) is 27.4 Å². The number of fused-ring (bicyclic) bond motifs is 2. The van der Waals surface area contributed by atoms with Gasteiger partial charge in [0.25, 0.3) is 5.91 Å². The quantitative estimate of drug-likeness (QED) is 0.393. The molecule has 0 atom stereocenters. The van der Waals surface area contributed by atoms with Gasteiger partial charge in [-0.05, 0) is 57.9 Å². The number of pyridine rings is 1. The largest absolute Gasteiger partial charge is 0.284 e. The lowest BCUT2D eigenvalue weighted by atomic mass is 10.1. The zero-order chi connectivity index (χ0) is 21.0. The van der Waals surface area contributed by atoms with E-state index in [-0.39, 0.29) is 11.9 Å². The predicted molar refractivity (Wildman–Crippen MR) is 122 cm³/mol. The van der Waals surface area contributed by atoms with E-state index in [0.717, 1.165) is 39.8 Å². The van der Waals surface area contributed by atoms with Crippen LogP contribution in [0.4, 0.5) is 5.13 Å². The normalized spacial score (nSPS) is 14.2. The fraction of sp³-hybridized carbons (Fsp3) is 0.364. The highest BCUT2D eigenvalue weighted by Crippen LogP contribution is 2.41. The molecule has 8 heteroatoms. The van der Waals surface area contributed by atoms with Crippen LogP contribution in [0.5, 0.6) is 0 Å². The number of carbonyl (C=O) groups excluding carboxylic acids is 1. The second-order valence-corrected chi connectivity index (χ2v) is 9.39. The van der Waals surface area contributed by atoms with Gasteiger partial charge < -0.3 is 0 Å². The number of hydrogen-bond acceptors (Lipinski definition) is 5. The summed E-state index contributed by atoms with van der Waals surface area (Å²) in [5.74, 6) is 0.372. The van der Waals surface area contributed by atoms with E-state index in [0.29, 0.717) is 28.2 Å². The third-order valence-electron chi connectivity index (χ3n) is 5.43. The number of aromatic nitrogens is 4. The van der Waals surface area contributed by atoms with E-state index in [1.165, 1.54) is 11.3 Å². The third kappa shape index (κ3) is 3.26. The zero-order valence-electron chi connectivity index (χ0n) is 17.1. The molecule has 0 aliphatic heterocycles. The van der Waals surface area contributed by atoms with Crippen molar-refractivity contribution in [1.82, 2.24) is 19.7 Å². The number of amides is 1. The van der Waals surface area contributed by atoms with Crippen LogP contribution in [0.25, 0.3) is 21.3 Å². The Labute approximate surface area is 183 Å². The van der Waals surface area contributed by atoms with Crippen LogP contribution in [-0.2, 0) is 0 Å². The Balaban J connectivity index is 1.63. The Bertz CT molecular complexity index is 1270. The van der Waals surface area contributed by atoms with Crippen LogP contribution in [0.2, 0.25) is 5.02 Å². The molecule has 0 unspecified atom stereocenters. The standard InChI is InChI=1S/C22H22ClN5OS/c1-4-27(22-26-18-9-14(23)7-8-19(18)30-22)21(29)15-10-17(13-5-6-13)25-20-16(15)11-24-28(20)12(2)3/h7-13H,4-6H2,1-3H3. The molecule has 1 amide bonds. The van der Waals surface area contributed by atoms with E-state index >= 15 is 0 Å². The number of hydrogen-bond donors (Lipinski definition) is 0. The molecule has 0 radical (unpaired) electrons. The van der Waals surface area contributed by atoms with Crippen molar-refractivity contribution in [3.63, 3.8) is 0 Å². The van der Waals surface area contributed by atoms with Crippen molar-refractivity contribution in [3.8, 4) is 0 Å². The average molecular weight is 440 g/mol. The second-order valence-electron chi connectivity index (χ2n) is 7.95. The molecule has 154 valence electrons. The fourth-order valence-electron chi connectivity index (χ4n) is 3.70. The monoisotopic (exact) mass is 439 g/mol. The van der Waals surface area contributed by atoms with Gasteiger partial charge in [0, 0.05) is 29.2 Å². The van der Waals surface area contributed by atoms with Gasteiger partial charge in [-0.2, -0.15) is 5.10 Å². The van der Waals surface area contributed by atoms with Gasteiger partial charge in [-0.25, -0.2) is 14.6 Å². The Morgan fingerprint density at radius 3 is 2.80 bits per heavy atom. The predicted octanol–water partition coefficient (Wildman–Crippen LogP) is 5.82. The van der Waals surface area contributed by atoms with Crippen LogP contribution in [0.1, 0.15) is 61.6 Å². The first kappa shape index (κ1) is 19.5. The molecular formula is C22H22ClN5OS. The Kier molecular flexibility index (Phi) is 4.75. The lowest BCUT2D eigenvalue weighted by Crippen LogP contribution is -2.30. The van der Waals surface area contributed by atoms with Crippen molar-refractivity contribution in [2.45, 2.75) is 45.6 Å². The molecular weight excluding hydrogens is 418 g/mol. The van der Waals surface area contributed by atoms with Crippen LogP contribution in [0.15, 0.2) is 30.5 Å². The van der Waals surface area contributed by atoms with E-state index in [1.807, 2.05) is 35.9 Å². The molecule has 30 heavy (non-hydrogen) atoms. The van der Waals surface area contributed by atoms with E-state index in [2.05, 4.69) is 23.9 Å². The minimum Gasteiger partial charge on any atom is -0.284 e. The molecule has 1 aliphatic rings. The summed E-state index contributed by atoms with van der Waals surface area (Å²) in [4.78, 5) is 25.0. The molecule has 1 aromatic carbocycles. The summed E-state index contributed by atoms with van der Waals surface area (Å²) in [7, 11) is 0. The van der Waals surface area contributed by atoms with E-state index in [4.69, 9.17) is 16.6 Å². The zero-order valence-corrected chi connectivity index (χ0v) is 18.7. The van der Waals surface area contributed by atoms with Gasteiger partial charge in [-0.1, -0.05) is 22.9 Å². The number of halogens is 1. The molecule has 0 N–H and O–H groups in total. The van der Waals surface area contributed by atoms with E-state index < -0.39 is 0 Å². The van der Waals surface area contributed by atoms with Gasteiger partial charge in [-0.3, -0.25) is 9.69 Å².